The van der Waals surface area contributed by atoms with Crippen molar-refractivity contribution in [2.75, 3.05) is 25.5 Å². The van der Waals surface area contributed by atoms with Crippen LogP contribution in [0.1, 0.15) is 36.3 Å². The number of anilines is 2. The molecule has 2 bridgehead atoms. The van der Waals surface area contributed by atoms with Gasteiger partial charge in [-0.05, 0) is 43.4 Å². The summed E-state index contributed by atoms with van der Waals surface area (Å²) in [6, 6.07) is 17.8. The molecule has 2 aromatic carbocycles. The van der Waals surface area contributed by atoms with Gasteiger partial charge in [-0.1, -0.05) is 59.6 Å². The average Bonchev–Trinajstić information content (AvgIpc) is 3.94. The Morgan fingerprint density at radius 1 is 1.06 bits per heavy atom. The number of piperidine rings is 1. The molecule has 52 heavy (non-hydrogen) atoms. The number of thiazole rings is 1. The third kappa shape index (κ3) is 6.81. The zero-order chi connectivity index (χ0) is 35.9. The van der Waals surface area contributed by atoms with Gasteiger partial charge in [0.2, 0.25) is 11.8 Å². The number of hydrogen-bond donors (Lipinski definition) is 4. The van der Waals surface area contributed by atoms with E-state index in [-0.39, 0.29) is 23.8 Å². The van der Waals surface area contributed by atoms with Crippen LogP contribution >= 0.6 is 34.5 Å². The highest BCUT2D eigenvalue weighted by atomic mass is 35.5. The Balaban J connectivity index is 1.00. The summed E-state index contributed by atoms with van der Waals surface area (Å²) in [5.74, 6) is 0.510. The van der Waals surface area contributed by atoms with Crippen molar-refractivity contribution in [3.05, 3.63) is 81.4 Å². The number of hydrogen-bond acceptors (Lipinski definition) is 10. The predicted octanol–water partition coefficient (Wildman–Crippen LogP) is 7.14. The van der Waals surface area contributed by atoms with Crippen molar-refractivity contribution in [2.45, 2.75) is 50.9 Å². The minimum atomic E-state index is -0.673. The molecular weight excluding hydrogens is 721 g/mol. The van der Waals surface area contributed by atoms with Crippen LogP contribution in [0.25, 0.3) is 32.6 Å². The lowest BCUT2D eigenvalue weighted by Gasteiger charge is -2.28. The van der Waals surface area contributed by atoms with Gasteiger partial charge in [-0.15, -0.1) is 11.3 Å². The lowest BCUT2D eigenvalue weighted by Crippen LogP contribution is -2.37. The van der Waals surface area contributed by atoms with Gasteiger partial charge in [-0.2, -0.15) is 0 Å². The number of aliphatic carboxylic acids is 1. The molecule has 0 spiro atoms. The molecule has 2 aliphatic heterocycles. The maximum absolute atomic E-state index is 11.6. The van der Waals surface area contributed by atoms with Gasteiger partial charge in [0.05, 0.1) is 45.7 Å². The molecule has 8 rings (SSSR count). The van der Waals surface area contributed by atoms with Gasteiger partial charge in [0, 0.05) is 66.6 Å². The number of benzene rings is 2. The van der Waals surface area contributed by atoms with Gasteiger partial charge < -0.3 is 25.8 Å². The Hall–Kier alpha value is -4.33. The topological polar surface area (TPSA) is 142 Å². The van der Waals surface area contributed by atoms with Crippen molar-refractivity contribution in [3.8, 4) is 28.3 Å². The maximum atomic E-state index is 11.6. The summed E-state index contributed by atoms with van der Waals surface area (Å²) in [5.41, 5.74) is 5.25. The van der Waals surface area contributed by atoms with Crippen molar-refractivity contribution >= 4 is 68.1 Å². The second-order valence-electron chi connectivity index (χ2n) is 13.6. The number of carbonyl (C=O) groups excluding carboxylic acids is 1. The lowest BCUT2D eigenvalue weighted by atomic mass is 9.95. The van der Waals surface area contributed by atoms with E-state index in [0.717, 1.165) is 56.9 Å². The Morgan fingerprint density at radius 2 is 1.87 bits per heavy atom. The summed E-state index contributed by atoms with van der Waals surface area (Å²) >= 11 is 15.8. The van der Waals surface area contributed by atoms with E-state index in [1.54, 1.807) is 24.6 Å². The van der Waals surface area contributed by atoms with E-state index >= 15 is 0 Å². The zero-order valence-corrected chi connectivity index (χ0v) is 30.7. The number of carboxylic acids is 1. The molecule has 4 N–H and O–H groups in total. The summed E-state index contributed by atoms with van der Waals surface area (Å²) in [4.78, 5) is 39.9. The van der Waals surface area contributed by atoms with Crippen molar-refractivity contribution in [1.29, 1.82) is 0 Å². The third-order valence-electron chi connectivity index (χ3n) is 10.4. The first-order valence-corrected chi connectivity index (χ1v) is 18.9. The van der Waals surface area contributed by atoms with E-state index < -0.39 is 5.97 Å². The van der Waals surface area contributed by atoms with Gasteiger partial charge in [0.15, 0.2) is 5.82 Å². The molecule has 3 unspecified atom stereocenters. The third-order valence-corrected chi connectivity index (χ3v) is 12.2. The Bertz CT molecular complexity index is 2180. The molecule has 5 aromatic rings. The number of aromatic nitrogens is 3. The van der Waals surface area contributed by atoms with E-state index in [1.807, 2.05) is 54.6 Å². The first-order valence-electron chi connectivity index (χ1n) is 17.4. The Kier molecular flexibility index (Phi) is 9.75. The number of halogens is 2. The van der Waals surface area contributed by atoms with Crippen LogP contribution in [0.2, 0.25) is 10.0 Å². The number of amides is 1. The largest absolute Gasteiger partial charge is 0.481 e. The smallest absolute Gasteiger partial charge is 0.306 e. The van der Waals surface area contributed by atoms with E-state index in [1.165, 1.54) is 0 Å². The number of nitrogens with one attached hydrogen (secondary N) is 3. The predicted molar refractivity (Wildman–Crippen MR) is 203 cm³/mol. The van der Waals surface area contributed by atoms with Crippen LogP contribution in [0.15, 0.2) is 60.8 Å². The minimum absolute atomic E-state index is 0.0962. The average molecular weight is 759 g/mol. The quantitative estimate of drug-likeness (QED) is 0.104. The minimum Gasteiger partial charge on any atom is -0.481 e. The molecule has 3 aromatic heterocycles. The van der Waals surface area contributed by atoms with E-state index in [2.05, 4.69) is 25.8 Å². The number of methoxy groups -OCH3 is 1. The van der Waals surface area contributed by atoms with Crippen molar-refractivity contribution < 1.29 is 19.4 Å². The van der Waals surface area contributed by atoms with Gasteiger partial charge in [0.1, 0.15) is 10.5 Å². The molecule has 14 heteroatoms. The molecule has 0 radical (unpaired) electrons. The van der Waals surface area contributed by atoms with Gasteiger partial charge in [0.25, 0.3) is 0 Å². The number of rotatable bonds is 12. The first kappa shape index (κ1) is 34.7. The molecule has 3 aliphatic rings. The Labute approximate surface area is 314 Å². The summed E-state index contributed by atoms with van der Waals surface area (Å²) in [5, 5.41) is 21.3. The van der Waals surface area contributed by atoms with Crippen LogP contribution in [0.4, 0.5) is 11.5 Å². The van der Waals surface area contributed by atoms with Crippen molar-refractivity contribution in [1.82, 2.24) is 30.5 Å². The van der Waals surface area contributed by atoms with Crippen LogP contribution < -0.4 is 20.7 Å². The maximum Gasteiger partial charge on any atom is 0.306 e. The monoisotopic (exact) mass is 757 g/mol. The number of nitrogens with zero attached hydrogens (tertiary/aromatic N) is 4. The SMILES string of the molecule is COc1nc(-c2cccc(-c3cccc(Nc4nccc5sc(CN6CC7CC6CC7C(=O)O)nc45)c3Cl)c2Cl)ccc1CNC[C@@H]1CCC(=O)N1. The molecule has 1 saturated carbocycles. The first-order chi connectivity index (χ1) is 25.2. The normalized spacial score (nSPS) is 21.2. The number of ether oxygens (including phenoxy) is 1. The van der Waals surface area contributed by atoms with Crippen LogP contribution in [-0.4, -0.2) is 69.1 Å². The molecule has 1 aliphatic carbocycles. The van der Waals surface area contributed by atoms with Gasteiger partial charge in [-0.3, -0.25) is 14.5 Å². The molecule has 3 fully saturated rings. The number of likely N-dealkylation sites (tertiary alicyclic amines) is 1. The van der Waals surface area contributed by atoms with Crippen molar-refractivity contribution in [2.24, 2.45) is 11.8 Å². The second kappa shape index (κ2) is 14.6. The second-order valence-corrected chi connectivity index (χ2v) is 15.5. The Morgan fingerprint density at radius 3 is 2.62 bits per heavy atom. The standard InChI is InChI=1S/C38H37Cl2N7O4S/c1-51-37-20(16-41-17-22-9-11-31(48)43-22)8-10-28(45-37)26-6-2-4-24(33(26)39)25-5-3-7-29(34(25)40)44-36-35-30(12-13-42-36)52-32(46-35)19-47-18-21-14-23(47)15-27(21)38(49)50/h2-8,10,12-13,21-23,27,41H,9,11,14-19H2,1H3,(H,42,44)(H,43,48)(H,49,50)/t21?,22-,23?,27?/m0/s1. The van der Waals surface area contributed by atoms with Gasteiger partial charge in [-0.25, -0.2) is 15.0 Å². The number of fused-ring (bicyclic) bond motifs is 3. The molecular formula is C38H37Cl2N7O4S. The van der Waals surface area contributed by atoms with Crippen LogP contribution in [0.5, 0.6) is 5.88 Å². The molecule has 268 valence electrons. The van der Waals surface area contributed by atoms with Crippen molar-refractivity contribution in [3.63, 3.8) is 0 Å². The van der Waals surface area contributed by atoms with E-state index in [0.29, 0.717) is 71.6 Å². The van der Waals surface area contributed by atoms with E-state index in [9.17, 15) is 14.7 Å². The number of carboxylic acid groups (broad SMARTS) is 1. The fraction of sp³-hybridized carbons (Fsp3) is 0.342. The number of pyridine rings is 2. The van der Waals surface area contributed by atoms with E-state index in [4.69, 9.17) is 37.9 Å². The van der Waals surface area contributed by atoms with Crippen LogP contribution in [0.3, 0.4) is 0 Å². The molecule has 2 saturated heterocycles. The summed E-state index contributed by atoms with van der Waals surface area (Å²) in [6.45, 7) is 2.71. The molecule has 1 amide bonds. The summed E-state index contributed by atoms with van der Waals surface area (Å²) < 4.78 is 6.67. The highest BCUT2D eigenvalue weighted by Gasteiger charge is 2.47. The van der Waals surface area contributed by atoms with Gasteiger partial charge >= 0.3 is 5.97 Å². The highest BCUT2D eigenvalue weighted by Crippen LogP contribution is 2.44. The lowest BCUT2D eigenvalue weighted by molar-refractivity contribution is -0.144. The molecule has 11 nitrogen and oxygen atoms in total. The summed E-state index contributed by atoms with van der Waals surface area (Å²) in [6.07, 6.45) is 4.81. The molecule has 4 atom stereocenters. The molecule has 5 heterocycles. The van der Waals surface area contributed by atoms with Crippen LogP contribution in [-0.2, 0) is 22.7 Å². The fourth-order valence-electron chi connectivity index (χ4n) is 7.82. The fourth-order valence-corrected chi connectivity index (χ4v) is 9.41. The summed E-state index contributed by atoms with van der Waals surface area (Å²) in [7, 11) is 1.60. The zero-order valence-electron chi connectivity index (χ0n) is 28.4. The highest BCUT2D eigenvalue weighted by molar-refractivity contribution is 7.18. The number of carbonyl (C=O) groups is 2. The van der Waals surface area contributed by atoms with Crippen LogP contribution in [0, 0.1) is 11.8 Å².